The van der Waals surface area contributed by atoms with Gasteiger partial charge in [-0.15, -0.1) is 12.4 Å². The zero-order valence-corrected chi connectivity index (χ0v) is 13.1. The van der Waals surface area contributed by atoms with Crippen LogP contribution in [0, 0.1) is 0 Å². The van der Waals surface area contributed by atoms with Gasteiger partial charge in [0.1, 0.15) is 0 Å². The van der Waals surface area contributed by atoms with Crippen LogP contribution >= 0.6 is 12.4 Å². The van der Waals surface area contributed by atoms with Crippen molar-refractivity contribution in [1.82, 2.24) is 15.5 Å². The van der Waals surface area contributed by atoms with E-state index >= 15 is 0 Å². The van der Waals surface area contributed by atoms with Crippen LogP contribution in [0.1, 0.15) is 18.2 Å². The Bertz CT molecular complexity index is 648. The Hall–Kier alpha value is -1.93. The zero-order valence-electron chi connectivity index (χ0n) is 12.3. The van der Waals surface area contributed by atoms with Crippen molar-refractivity contribution < 1.29 is 22.8 Å². The van der Waals surface area contributed by atoms with Crippen molar-refractivity contribution in [1.29, 1.82) is 0 Å². The second-order valence-corrected chi connectivity index (χ2v) is 4.89. The first-order valence-corrected chi connectivity index (χ1v) is 6.85. The summed E-state index contributed by atoms with van der Waals surface area (Å²) in [7, 11) is 1.38. The largest absolute Gasteiger partial charge is 0.493 e. The Labute approximate surface area is 137 Å². The monoisotopic (exact) mass is 347 g/mol. The molecule has 1 aliphatic rings. The molecule has 1 aromatic heterocycles. The summed E-state index contributed by atoms with van der Waals surface area (Å²) < 4.78 is 39.3. The lowest BCUT2D eigenvalue weighted by Crippen LogP contribution is -2.08. The molecule has 1 saturated heterocycles. The van der Waals surface area contributed by atoms with Crippen molar-refractivity contribution in [2.75, 3.05) is 20.2 Å². The lowest BCUT2D eigenvalue weighted by molar-refractivity contribution is -0.0512. The van der Waals surface area contributed by atoms with Crippen LogP contribution in [-0.2, 0) is 0 Å². The maximum atomic E-state index is 12.3. The fraction of sp³-hybridized carbons (Fsp3) is 0.429. The van der Waals surface area contributed by atoms with Crippen LogP contribution in [0.25, 0.3) is 11.4 Å². The van der Waals surface area contributed by atoms with Gasteiger partial charge in [0.05, 0.1) is 13.0 Å². The summed E-state index contributed by atoms with van der Waals surface area (Å²) in [5.74, 6) is 1.33. The average Bonchev–Trinajstić information content (AvgIpc) is 3.18. The minimum atomic E-state index is -2.91. The van der Waals surface area contributed by atoms with E-state index in [0.717, 1.165) is 19.5 Å². The molecule has 6 nitrogen and oxygen atoms in total. The van der Waals surface area contributed by atoms with Crippen LogP contribution in [0.3, 0.4) is 0 Å². The van der Waals surface area contributed by atoms with Crippen LogP contribution in [0.4, 0.5) is 8.78 Å². The third-order valence-electron chi connectivity index (χ3n) is 3.49. The Kier molecular flexibility index (Phi) is 5.73. The number of methoxy groups -OCH3 is 1. The molecule has 1 N–H and O–H groups in total. The summed E-state index contributed by atoms with van der Waals surface area (Å²) in [5, 5.41) is 7.17. The van der Waals surface area contributed by atoms with Gasteiger partial charge in [-0.3, -0.25) is 0 Å². The second kappa shape index (κ2) is 7.56. The van der Waals surface area contributed by atoms with E-state index in [0.29, 0.717) is 17.3 Å². The van der Waals surface area contributed by atoms with Crippen LogP contribution in [0.5, 0.6) is 11.5 Å². The summed E-state index contributed by atoms with van der Waals surface area (Å²) in [5.41, 5.74) is 0.611. The minimum Gasteiger partial charge on any atom is -0.493 e. The first kappa shape index (κ1) is 17.4. The van der Waals surface area contributed by atoms with E-state index in [1.807, 2.05) is 0 Å². The average molecular weight is 348 g/mol. The number of nitrogens with zero attached hydrogens (tertiary/aromatic N) is 2. The molecule has 2 aromatic rings. The van der Waals surface area contributed by atoms with E-state index in [2.05, 4.69) is 20.2 Å². The van der Waals surface area contributed by atoms with Crippen LogP contribution in [0.2, 0.25) is 0 Å². The Balaban J connectivity index is 0.00000192. The number of alkyl halides is 2. The molecular weight excluding hydrogens is 332 g/mol. The minimum absolute atomic E-state index is 0. The number of hydrogen-bond donors (Lipinski definition) is 1. The van der Waals surface area contributed by atoms with Gasteiger partial charge >= 0.3 is 6.61 Å². The van der Waals surface area contributed by atoms with Crippen LogP contribution in [-0.4, -0.2) is 37.0 Å². The summed E-state index contributed by atoms with van der Waals surface area (Å²) in [6, 6.07) is 4.52. The highest BCUT2D eigenvalue weighted by Gasteiger charge is 2.23. The molecule has 0 unspecified atom stereocenters. The van der Waals surface area contributed by atoms with Gasteiger partial charge in [-0.05, 0) is 31.2 Å². The highest BCUT2D eigenvalue weighted by molar-refractivity contribution is 5.85. The molecular formula is C14H16ClF2N3O3. The summed E-state index contributed by atoms with van der Waals surface area (Å²) in [4.78, 5) is 4.37. The molecule has 23 heavy (non-hydrogen) atoms. The van der Waals surface area contributed by atoms with Crippen molar-refractivity contribution in [3.8, 4) is 22.9 Å². The maximum Gasteiger partial charge on any atom is 0.387 e. The molecule has 1 aliphatic heterocycles. The van der Waals surface area contributed by atoms with E-state index in [9.17, 15) is 8.78 Å². The standard InChI is InChI=1S/C14H15F2N3O3.ClH/c1-20-11-6-8(2-3-10(11)21-14(15)16)12-18-13(22-19-12)9-4-5-17-7-9;/h2-3,6,9,14,17H,4-5,7H2,1H3;1H/t9-;/m1./s1. The van der Waals surface area contributed by atoms with Crippen LogP contribution < -0.4 is 14.8 Å². The molecule has 9 heteroatoms. The molecule has 0 radical (unpaired) electrons. The predicted molar refractivity (Wildman–Crippen MR) is 80.4 cm³/mol. The Morgan fingerprint density at radius 1 is 1.35 bits per heavy atom. The van der Waals surface area contributed by atoms with Gasteiger partial charge in [-0.25, -0.2) is 0 Å². The lowest BCUT2D eigenvalue weighted by Gasteiger charge is -2.10. The SMILES string of the molecule is COc1cc(-c2noc([C@@H]3CCNC3)n2)ccc1OC(F)F.Cl. The van der Waals surface area contributed by atoms with Gasteiger partial charge in [0.15, 0.2) is 11.5 Å². The number of benzene rings is 1. The number of halogens is 3. The van der Waals surface area contributed by atoms with Gasteiger partial charge in [0.2, 0.25) is 11.7 Å². The van der Waals surface area contributed by atoms with E-state index in [1.54, 1.807) is 12.1 Å². The molecule has 0 aliphatic carbocycles. The molecule has 0 spiro atoms. The molecule has 1 atom stereocenters. The van der Waals surface area contributed by atoms with Gasteiger partial charge in [-0.1, -0.05) is 5.16 Å². The van der Waals surface area contributed by atoms with Crippen molar-refractivity contribution in [2.45, 2.75) is 19.0 Å². The van der Waals surface area contributed by atoms with E-state index in [-0.39, 0.29) is 29.8 Å². The highest BCUT2D eigenvalue weighted by atomic mass is 35.5. The van der Waals surface area contributed by atoms with Crippen molar-refractivity contribution >= 4 is 12.4 Å². The lowest BCUT2D eigenvalue weighted by atomic mass is 10.1. The van der Waals surface area contributed by atoms with Crippen LogP contribution in [0.15, 0.2) is 22.7 Å². The van der Waals surface area contributed by atoms with Crippen molar-refractivity contribution in [3.05, 3.63) is 24.1 Å². The Morgan fingerprint density at radius 2 is 2.17 bits per heavy atom. The second-order valence-electron chi connectivity index (χ2n) is 4.89. The molecule has 2 heterocycles. The first-order chi connectivity index (χ1) is 10.7. The van der Waals surface area contributed by atoms with E-state index < -0.39 is 6.61 Å². The summed E-state index contributed by atoms with van der Waals surface area (Å²) >= 11 is 0. The maximum absolute atomic E-state index is 12.3. The number of hydrogen-bond acceptors (Lipinski definition) is 6. The molecule has 126 valence electrons. The van der Waals surface area contributed by atoms with Crippen molar-refractivity contribution in [3.63, 3.8) is 0 Å². The van der Waals surface area contributed by atoms with E-state index in [1.165, 1.54) is 13.2 Å². The topological polar surface area (TPSA) is 69.4 Å². The fourth-order valence-electron chi connectivity index (χ4n) is 2.38. The first-order valence-electron chi connectivity index (χ1n) is 6.85. The number of aromatic nitrogens is 2. The van der Waals surface area contributed by atoms with Gasteiger partial charge in [0.25, 0.3) is 0 Å². The third-order valence-corrected chi connectivity index (χ3v) is 3.49. The van der Waals surface area contributed by atoms with Gasteiger partial charge < -0.3 is 19.3 Å². The smallest absolute Gasteiger partial charge is 0.387 e. The molecule has 0 saturated carbocycles. The zero-order chi connectivity index (χ0) is 15.5. The fourth-order valence-corrected chi connectivity index (χ4v) is 2.38. The predicted octanol–water partition coefficient (Wildman–Crippen LogP) is 2.85. The number of ether oxygens (including phenoxy) is 2. The summed E-state index contributed by atoms with van der Waals surface area (Å²) in [6.07, 6.45) is 0.951. The summed E-state index contributed by atoms with van der Waals surface area (Å²) in [6.45, 7) is -1.17. The van der Waals surface area contributed by atoms with Crippen molar-refractivity contribution in [2.24, 2.45) is 0 Å². The molecule has 0 bridgehead atoms. The highest BCUT2D eigenvalue weighted by Crippen LogP contribution is 2.33. The third kappa shape index (κ3) is 3.89. The molecule has 1 aromatic carbocycles. The number of rotatable bonds is 5. The molecule has 3 rings (SSSR count). The Morgan fingerprint density at radius 3 is 2.83 bits per heavy atom. The quantitative estimate of drug-likeness (QED) is 0.897. The van der Waals surface area contributed by atoms with E-state index in [4.69, 9.17) is 9.26 Å². The number of nitrogens with one attached hydrogen (secondary N) is 1. The molecule has 0 amide bonds. The van der Waals surface area contributed by atoms with Gasteiger partial charge in [-0.2, -0.15) is 13.8 Å². The van der Waals surface area contributed by atoms with Gasteiger partial charge in [0, 0.05) is 12.1 Å². The molecule has 1 fully saturated rings. The normalized spacial score (nSPS) is 17.1.